The lowest BCUT2D eigenvalue weighted by Gasteiger charge is -2.28. The molecule has 0 saturated carbocycles. The van der Waals surface area contributed by atoms with Gasteiger partial charge in [0, 0.05) is 19.7 Å². The first-order valence-electron chi connectivity index (χ1n) is 7.20. The van der Waals surface area contributed by atoms with Crippen molar-refractivity contribution in [3.05, 3.63) is 0 Å². The summed E-state index contributed by atoms with van der Waals surface area (Å²) >= 11 is 0. The molecule has 0 radical (unpaired) electrons. The molecule has 3 atom stereocenters. The standard InChI is InChI=1S/C13H23N3O4/c14-7-11(17)16-5-1-4-10(16)12(18)13(19)15-8-9-3-2-6-20-9/h9-10,12,18H,1-8,14H2,(H,15,19)/t9-,10-,12?/m0/s1. The molecule has 0 spiro atoms. The lowest BCUT2D eigenvalue weighted by Crippen LogP contribution is -2.51. The van der Waals surface area contributed by atoms with Crippen molar-refractivity contribution in [3.8, 4) is 0 Å². The van der Waals surface area contributed by atoms with Crippen LogP contribution in [0.4, 0.5) is 0 Å². The minimum atomic E-state index is -1.20. The van der Waals surface area contributed by atoms with Gasteiger partial charge in [-0.15, -0.1) is 0 Å². The lowest BCUT2D eigenvalue weighted by molar-refractivity contribution is -0.138. The van der Waals surface area contributed by atoms with Crippen LogP contribution in [0.25, 0.3) is 0 Å². The number of carbonyl (C=O) groups excluding carboxylic acids is 2. The summed E-state index contributed by atoms with van der Waals surface area (Å²) in [5.74, 6) is -0.666. The van der Waals surface area contributed by atoms with E-state index in [0.717, 1.165) is 25.9 Å². The van der Waals surface area contributed by atoms with Gasteiger partial charge in [-0.25, -0.2) is 0 Å². The van der Waals surface area contributed by atoms with Crippen LogP contribution in [0.15, 0.2) is 0 Å². The van der Waals surface area contributed by atoms with E-state index >= 15 is 0 Å². The fourth-order valence-electron chi connectivity index (χ4n) is 2.85. The van der Waals surface area contributed by atoms with Crippen molar-refractivity contribution < 1.29 is 19.4 Å². The van der Waals surface area contributed by atoms with Crippen molar-refractivity contribution in [2.24, 2.45) is 5.73 Å². The molecule has 4 N–H and O–H groups in total. The molecule has 0 bridgehead atoms. The molecule has 2 saturated heterocycles. The summed E-state index contributed by atoms with van der Waals surface area (Å²) < 4.78 is 5.41. The van der Waals surface area contributed by atoms with Crippen LogP contribution in [0, 0.1) is 0 Å². The molecule has 2 fully saturated rings. The molecule has 2 heterocycles. The maximum absolute atomic E-state index is 12.0. The van der Waals surface area contributed by atoms with Crippen LogP contribution in [0.3, 0.4) is 0 Å². The minimum Gasteiger partial charge on any atom is -0.381 e. The number of rotatable bonds is 5. The zero-order valence-corrected chi connectivity index (χ0v) is 11.6. The Labute approximate surface area is 118 Å². The Kier molecular flexibility index (Phi) is 5.33. The van der Waals surface area contributed by atoms with Gasteiger partial charge >= 0.3 is 0 Å². The molecule has 0 aliphatic carbocycles. The number of hydrogen-bond acceptors (Lipinski definition) is 5. The molecule has 114 valence electrons. The minimum absolute atomic E-state index is 0.0384. The van der Waals surface area contributed by atoms with E-state index in [1.165, 1.54) is 4.90 Å². The summed E-state index contributed by atoms with van der Waals surface area (Å²) in [5, 5.41) is 12.8. The third kappa shape index (κ3) is 3.47. The fraction of sp³-hybridized carbons (Fsp3) is 0.846. The van der Waals surface area contributed by atoms with E-state index in [-0.39, 0.29) is 18.6 Å². The Morgan fingerprint density at radius 1 is 1.40 bits per heavy atom. The summed E-state index contributed by atoms with van der Waals surface area (Å²) in [6, 6.07) is -0.462. The van der Waals surface area contributed by atoms with Gasteiger partial charge in [-0.2, -0.15) is 0 Å². The van der Waals surface area contributed by atoms with Crippen molar-refractivity contribution in [1.29, 1.82) is 0 Å². The molecule has 20 heavy (non-hydrogen) atoms. The van der Waals surface area contributed by atoms with Crippen LogP contribution in [0.2, 0.25) is 0 Å². The highest BCUT2D eigenvalue weighted by Gasteiger charge is 2.36. The number of ether oxygens (including phenoxy) is 1. The Morgan fingerprint density at radius 2 is 2.20 bits per heavy atom. The first kappa shape index (κ1) is 15.2. The van der Waals surface area contributed by atoms with Crippen LogP contribution in [-0.4, -0.2) is 66.3 Å². The number of nitrogens with two attached hydrogens (primary N) is 1. The van der Waals surface area contributed by atoms with Crippen LogP contribution in [0.5, 0.6) is 0 Å². The molecule has 7 heteroatoms. The largest absolute Gasteiger partial charge is 0.381 e. The van der Waals surface area contributed by atoms with Crippen molar-refractivity contribution in [1.82, 2.24) is 10.2 Å². The predicted molar refractivity (Wildman–Crippen MR) is 71.8 cm³/mol. The fourth-order valence-corrected chi connectivity index (χ4v) is 2.85. The average molecular weight is 285 g/mol. The van der Waals surface area contributed by atoms with Gasteiger partial charge in [0.15, 0.2) is 6.10 Å². The van der Waals surface area contributed by atoms with Gasteiger partial charge in [0.05, 0.1) is 18.7 Å². The van der Waals surface area contributed by atoms with Gasteiger partial charge in [-0.05, 0) is 25.7 Å². The van der Waals surface area contributed by atoms with E-state index in [9.17, 15) is 14.7 Å². The number of likely N-dealkylation sites (tertiary alicyclic amines) is 1. The summed E-state index contributed by atoms with van der Waals surface area (Å²) in [7, 11) is 0. The highest BCUT2D eigenvalue weighted by Crippen LogP contribution is 2.20. The number of aliphatic hydroxyl groups excluding tert-OH is 1. The molecular weight excluding hydrogens is 262 g/mol. The summed E-state index contributed by atoms with van der Waals surface area (Å²) in [4.78, 5) is 25.1. The van der Waals surface area contributed by atoms with Crippen molar-refractivity contribution in [2.75, 3.05) is 26.2 Å². The van der Waals surface area contributed by atoms with Crippen LogP contribution >= 0.6 is 0 Å². The van der Waals surface area contributed by atoms with Crippen LogP contribution in [0.1, 0.15) is 25.7 Å². The number of carbonyl (C=O) groups is 2. The van der Waals surface area contributed by atoms with Gasteiger partial charge < -0.3 is 25.8 Å². The first-order chi connectivity index (χ1) is 9.63. The topological polar surface area (TPSA) is 105 Å². The molecule has 1 unspecified atom stereocenters. The third-order valence-corrected chi connectivity index (χ3v) is 3.96. The van der Waals surface area contributed by atoms with Crippen LogP contribution in [-0.2, 0) is 14.3 Å². The van der Waals surface area contributed by atoms with Gasteiger partial charge in [0.2, 0.25) is 5.91 Å². The van der Waals surface area contributed by atoms with Gasteiger partial charge in [-0.3, -0.25) is 9.59 Å². The maximum atomic E-state index is 12.0. The average Bonchev–Trinajstić information content (AvgIpc) is 3.13. The highest BCUT2D eigenvalue weighted by atomic mass is 16.5. The Bertz CT molecular complexity index is 358. The van der Waals surface area contributed by atoms with Crippen molar-refractivity contribution in [3.63, 3.8) is 0 Å². The molecular formula is C13H23N3O4. The second-order valence-corrected chi connectivity index (χ2v) is 5.33. The molecule has 2 aliphatic heterocycles. The number of hydrogen-bond donors (Lipinski definition) is 3. The normalized spacial score (nSPS) is 27.6. The second kappa shape index (κ2) is 7.01. The zero-order valence-electron chi connectivity index (χ0n) is 11.6. The van der Waals surface area contributed by atoms with E-state index in [4.69, 9.17) is 10.5 Å². The molecule has 0 aromatic rings. The number of nitrogens with one attached hydrogen (secondary N) is 1. The summed E-state index contributed by atoms with van der Waals surface area (Å²) in [5.41, 5.74) is 5.34. The number of nitrogens with zero attached hydrogens (tertiary/aromatic N) is 1. The van der Waals surface area contributed by atoms with E-state index in [1.807, 2.05) is 0 Å². The number of aliphatic hydroxyl groups is 1. The lowest BCUT2D eigenvalue weighted by atomic mass is 10.1. The Morgan fingerprint density at radius 3 is 2.85 bits per heavy atom. The molecule has 2 rings (SSSR count). The van der Waals surface area contributed by atoms with E-state index in [0.29, 0.717) is 19.5 Å². The second-order valence-electron chi connectivity index (χ2n) is 5.33. The SMILES string of the molecule is NCC(=O)N1CCC[C@H]1C(O)C(=O)NC[C@@H]1CCCO1. The van der Waals surface area contributed by atoms with Gasteiger partial charge in [-0.1, -0.05) is 0 Å². The van der Waals surface area contributed by atoms with Gasteiger partial charge in [0.1, 0.15) is 0 Å². The third-order valence-electron chi connectivity index (χ3n) is 3.96. The Balaban J connectivity index is 1.83. The smallest absolute Gasteiger partial charge is 0.251 e. The molecule has 7 nitrogen and oxygen atoms in total. The monoisotopic (exact) mass is 285 g/mol. The predicted octanol–water partition coefficient (Wildman–Crippen LogP) is -1.41. The van der Waals surface area contributed by atoms with Crippen LogP contribution < -0.4 is 11.1 Å². The Hall–Kier alpha value is -1.18. The van der Waals surface area contributed by atoms with E-state index < -0.39 is 18.1 Å². The van der Waals surface area contributed by atoms with Gasteiger partial charge in [0.25, 0.3) is 5.91 Å². The summed E-state index contributed by atoms with van der Waals surface area (Å²) in [6.07, 6.45) is 2.18. The maximum Gasteiger partial charge on any atom is 0.251 e. The molecule has 2 amide bonds. The first-order valence-corrected chi connectivity index (χ1v) is 7.20. The number of amides is 2. The quantitative estimate of drug-likeness (QED) is 0.576. The zero-order chi connectivity index (χ0) is 14.5. The van der Waals surface area contributed by atoms with Crippen molar-refractivity contribution >= 4 is 11.8 Å². The van der Waals surface area contributed by atoms with Crippen molar-refractivity contribution in [2.45, 2.75) is 43.9 Å². The molecule has 0 aromatic heterocycles. The summed E-state index contributed by atoms with van der Waals surface area (Å²) in [6.45, 7) is 1.59. The molecule has 0 aromatic carbocycles. The molecule has 2 aliphatic rings. The van der Waals surface area contributed by atoms with E-state index in [1.54, 1.807) is 0 Å². The highest BCUT2D eigenvalue weighted by molar-refractivity contribution is 5.84. The van der Waals surface area contributed by atoms with E-state index in [2.05, 4.69) is 5.32 Å².